The highest BCUT2D eigenvalue weighted by atomic mass is 19.4. The van der Waals surface area contributed by atoms with Crippen LogP contribution in [0.5, 0.6) is 0 Å². The molecule has 2 fully saturated rings. The quantitative estimate of drug-likeness (QED) is 0.104. The molecule has 0 spiro atoms. The van der Waals surface area contributed by atoms with Crippen molar-refractivity contribution < 1.29 is 60.1 Å². The van der Waals surface area contributed by atoms with E-state index in [2.05, 4.69) is 0 Å². The molecule has 264 valence electrons. The topological polar surface area (TPSA) is 177 Å². The lowest BCUT2D eigenvalue weighted by molar-refractivity contribution is -0.388. The first kappa shape index (κ1) is 36.5. The second-order valence-corrected chi connectivity index (χ2v) is 11.8. The molecule has 2 aromatic carbocycles. The number of alkyl halides is 6. The molecule has 0 radical (unpaired) electrons. The molecule has 0 aromatic heterocycles. The smallest absolute Gasteiger partial charge is 0.378 e. The highest BCUT2D eigenvalue weighted by molar-refractivity contribution is 6.23. The third kappa shape index (κ3) is 6.44. The van der Waals surface area contributed by atoms with Gasteiger partial charge >= 0.3 is 24.4 Å². The number of halogens is 6. The summed E-state index contributed by atoms with van der Waals surface area (Å²) in [5.41, 5.74) is -10.2. The molecule has 2 aromatic rings. The number of carbonyl (C=O) groups is 4. The van der Waals surface area contributed by atoms with Crippen molar-refractivity contribution in [2.45, 2.75) is 51.1 Å². The van der Waals surface area contributed by atoms with Crippen molar-refractivity contribution >= 4 is 46.6 Å². The van der Waals surface area contributed by atoms with E-state index in [4.69, 9.17) is 4.74 Å². The number of hydrogen-bond donors (Lipinski definition) is 0. The summed E-state index contributed by atoms with van der Waals surface area (Å²) in [6.07, 6.45) is -10.3. The number of nitro benzene ring substituents is 2. The van der Waals surface area contributed by atoms with Gasteiger partial charge in [0.25, 0.3) is 23.2 Å². The van der Waals surface area contributed by atoms with Gasteiger partial charge in [0.05, 0.1) is 34.4 Å². The Labute approximate surface area is 271 Å². The molecular formula is C28H26F6N6O9. The van der Waals surface area contributed by atoms with Crippen LogP contribution in [0.1, 0.15) is 38.8 Å². The number of ether oxygens (including phenoxy) is 1. The van der Waals surface area contributed by atoms with Crippen LogP contribution in [-0.4, -0.2) is 80.9 Å². The number of rotatable bonds is 10. The van der Waals surface area contributed by atoms with Crippen molar-refractivity contribution in [3.05, 3.63) is 67.8 Å². The molecule has 0 N–H and O–H groups in total. The summed E-state index contributed by atoms with van der Waals surface area (Å²) in [5.74, 6) is -1.86. The number of imide groups is 2. The van der Waals surface area contributed by atoms with Crippen molar-refractivity contribution in [1.29, 1.82) is 0 Å². The van der Waals surface area contributed by atoms with E-state index in [9.17, 15) is 65.7 Å². The van der Waals surface area contributed by atoms with Crippen LogP contribution >= 0.6 is 0 Å². The van der Waals surface area contributed by atoms with E-state index >= 15 is 0 Å². The molecule has 2 aliphatic rings. The standard InChI is InChI=1S/C28H26F6N6O9/c1-25(2)21(41)37(15-5-7-19(39(45)46)17(13-15)27(29,30)31)23(43)35(25)9-11-49-12-10-36-24(44)38(22(42)26(36,3)4)16-6-8-20(40(47)48)18(14-16)28(32,33)34/h5-8,13-14H,9-12H2,1-4H3. The van der Waals surface area contributed by atoms with Gasteiger partial charge in [0, 0.05) is 25.2 Å². The van der Waals surface area contributed by atoms with Gasteiger partial charge in [0.2, 0.25) is 0 Å². The summed E-state index contributed by atoms with van der Waals surface area (Å²) in [4.78, 5) is 75.3. The van der Waals surface area contributed by atoms with Crippen LogP contribution in [0.4, 0.5) is 58.7 Å². The number of carbonyl (C=O) groups excluding carboxylic acids is 4. The van der Waals surface area contributed by atoms with Crippen LogP contribution in [0.3, 0.4) is 0 Å². The van der Waals surface area contributed by atoms with Gasteiger partial charge in [0.15, 0.2) is 0 Å². The van der Waals surface area contributed by atoms with Crippen LogP contribution < -0.4 is 9.80 Å². The highest BCUT2D eigenvalue weighted by Crippen LogP contribution is 2.42. The molecule has 49 heavy (non-hydrogen) atoms. The summed E-state index contributed by atoms with van der Waals surface area (Å²) in [6, 6.07) is 1.29. The minimum atomic E-state index is -5.17. The first-order chi connectivity index (χ1) is 22.4. The number of anilines is 2. The predicted molar refractivity (Wildman–Crippen MR) is 154 cm³/mol. The molecule has 21 heteroatoms. The number of hydrogen-bond acceptors (Lipinski definition) is 9. The zero-order valence-corrected chi connectivity index (χ0v) is 25.9. The van der Waals surface area contributed by atoms with E-state index in [1.807, 2.05) is 0 Å². The third-order valence-corrected chi connectivity index (χ3v) is 8.05. The fraction of sp³-hybridized carbons (Fsp3) is 0.429. The average molecular weight is 705 g/mol. The Kier molecular flexibility index (Phi) is 9.14. The lowest BCUT2D eigenvalue weighted by Crippen LogP contribution is -2.47. The molecule has 2 saturated heterocycles. The summed E-state index contributed by atoms with van der Waals surface area (Å²) in [5, 5.41) is 22.2. The Morgan fingerprint density at radius 1 is 0.653 bits per heavy atom. The Bertz CT molecular complexity index is 1640. The minimum absolute atomic E-state index is 0.290. The fourth-order valence-electron chi connectivity index (χ4n) is 5.39. The number of urea groups is 2. The van der Waals surface area contributed by atoms with Crippen LogP contribution in [0, 0.1) is 20.2 Å². The van der Waals surface area contributed by atoms with Crippen molar-refractivity contribution in [3.8, 4) is 0 Å². The Morgan fingerprint density at radius 2 is 0.980 bits per heavy atom. The Balaban J connectivity index is 1.45. The molecule has 6 amide bonds. The van der Waals surface area contributed by atoms with Gasteiger partial charge in [-0.3, -0.25) is 29.8 Å². The molecular weight excluding hydrogens is 678 g/mol. The molecule has 0 unspecified atom stereocenters. The monoisotopic (exact) mass is 704 g/mol. The van der Waals surface area contributed by atoms with Crippen molar-refractivity contribution in [3.63, 3.8) is 0 Å². The van der Waals surface area contributed by atoms with E-state index in [0.717, 1.165) is 21.9 Å². The summed E-state index contributed by atoms with van der Waals surface area (Å²) in [6.45, 7) is 4.10. The largest absolute Gasteiger partial charge is 0.423 e. The van der Waals surface area contributed by atoms with Gasteiger partial charge in [-0.25, -0.2) is 19.4 Å². The normalized spacial score (nSPS) is 17.8. The van der Waals surface area contributed by atoms with Crippen molar-refractivity contribution in [2.75, 3.05) is 36.1 Å². The zero-order valence-electron chi connectivity index (χ0n) is 25.9. The van der Waals surface area contributed by atoms with Crippen molar-refractivity contribution in [2.24, 2.45) is 0 Å². The van der Waals surface area contributed by atoms with Crippen LogP contribution in [0.25, 0.3) is 0 Å². The van der Waals surface area contributed by atoms with Crippen LogP contribution in [0.15, 0.2) is 36.4 Å². The van der Waals surface area contributed by atoms with Crippen LogP contribution in [-0.2, 0) is 26.7 Å². The van der Waals surface area contributed by atoms with Gasteiger partial charge in [0.1, 0.15) is 22.2 Å². The molecule has 15 nitrogen and oxygen atoms in total. The van der Waals surface area contributed by atoms with Gasteiger partial charge in [-0.1, -0.05) is 0 Å². The summed E-state index contributed by atoms with van der Waals surface area (Å²) in [7, 11) is 0. The van der Waals surface area contributed by atoms with Gasteiger partial charge in [-0.2, -0.15) is 26.3 Å². The van der Waals surface area contributed by atoms with E-state index in [-0.39, 0.29) is 26.3 Å². The number of amides is 6. The maximum atomic E-state index is 13.5. The van der Waals surface area contributed by atoms with E-state index in [1.165, 1.54) is 27.7 Å². The number of benzene rings is 2. The van der Waals surface area contributed by atoms with E-state index in [1.54, 1.807) is 0 Å². The third-order valence-electron chi connectivity index (χ3n) is 8.05. The lowest BCUT2D eigenvalue weighted by Gasteiger charge is -2.29. The maximum absolute atomic E-state index is 13.5. The fourth-order valence-corrected chi connectivity index (χ4v) is 5.39. The van der Waals surface area contributed by atoms with Gasteiger partial charge < -0.3 is 14.5 Å². The maximum Gasteiger partial charge on any atom is 0.423 e. The van der Waals surface area contributed by atoms with Gasteiger partial charge in [-0.15, -0.1) is 0 Å². The van der Waals surface area contributed by atoms with Gasteiger partial charge in [-0.05, 0) is 52.0 Å². The molecule has 2 aliphatic heterocycles. The van der Waals surface area contributed by atoms with E-state index in [0.29, 0.717) is 34.1 Å². The molecule has 4 rings (SSSR count). The zero-order chi connectivity index (χ0) is 37.0. The number of nitrogens with zero attached hydrogens (tertiary/aromatic N) is 6. The molecule has 0 aliphatic carbocycles. The van der Waals surface area contributed by atoms with Crippen LogP contribution in [0.2, 0.25) is 0 Å². The second-order valence-electron chi connectivity index (χ2n) is 11.8. The Hall–Kier alpha value is -5.34. The first-order valence-corrected chi connectivity index (χ1v) is 14.0. The summed E-state index contributed by atoms with van der Waals surface area (Å²) < 4.78 is 86.6. The van der Waals surface area contributed by atoms with E-state index < -0.39 is 91.0 Å². The molecule has 0 saturated carbocycles. The molecule has 0 bridgehead atoms. The van der Waals surface area contributed by atoms with Crippen molar-refractivity contribution in [1.82, 2.24) is 9.80 Å². The number of nitro groups is 2. The summed E-state index contributed by atoms with van der Waals surface area (Å²) >= 11 is 0. The lowest BCUT2D eigenvalue weighted by atomic mass is 10.0. The highest BCUT2D eigenvalue weighted by Gasteiger charge is 2.54. The first-order valence-electron chi connectivity index (χ1n) is 14.0. The predicted octanol–water partition coefficient (Wildman–Crippen LogP) is 5.35. The second kappa shape index (κ2) is 12.3. The molecule has 0 atom stereocenters. The Morgan fingerprint density at radius 3 is 1.27 bits per heavy atom. The average Bonchev–Trinajstić information content (AvgIpc) is 3.26. The minimum Gasteiger partial charge on any atom is -0.378 e. The molecule has 2 heterocycles. The SMILES string of the molecule is CC1(C)C(=O)N(c2ccc([N+](=O)[O-])c(C(F)(F)F)c2)C(=O)N1CCOCCN1C(=O)N(c2ccc([N+](=O)[O-])c(C(F)(F)F)c2)C(=O)C1(C)C.